The number of nitrogens with zero attached hydrogens (tertiary/aromatic N) is 1. The van der Waals surface area contributed by atoms with Crippen LogP contribution >= 0.6 is 0 Å². The first-order chi connectivity index (χ1) is 9.79. The highest BCUT2D eigenvalue weighted by molar-refractivity contribution is 5.46. The molecule has 1 aromatic rings. The average molecular weight is 278 g/mol. The molecule has 0 aromatic heterocycles. The van der Waals surface area contributed by atoms with Crippen LogP contribution in [0.1, 0.15) is 39.0 Å². The zero-order chi connectivity index (χ0) is 14.2. The summed E-state index contributed by atoms with van der Waals surface area (Å²) in [7, 11) is 0. The zero-order valence-electron chi connectivity index (χ0n) is 12.6. The molecule has 1 saturated carbocycles. The third kappa shape index (κ3) is 4.78. The second-order valence-corrected chi connectivity index (χ2v) is 5.76. The molecule has 0 bridgehead atoms. The molecule has 3 heteroatoms. The Morgan fingerprint density at radius 1 is 1.15 bits per heavy atom. The number of hydrogen-bond acceptors (Lipinski definition) is 2. The topological polar surface area (TPSA) is 15.3 Å². The Labute approximate surface area is 122 Å². The molecule has 0 saturated heterocycles. The smallest absolute Gasteiger partial charge is 0.123 e. The fourth-order valence-electron chi connectivity index (χ4n) is 3.03. The van der Waals surface area contributed by atoms with Crippen molar-refractivity contribution in [3.63, 3.8) is 0 Å². The first-order valence-electron chi connectivity index (χ1n) is 8.01. The van der Waals surface area contributed by atoms with Crippen molar-refractivity contribution in [2.75, 3.05) is 31.1 Å². The van der Waals surface area contributed by atoms with E-state index >= 15 is 0 Å². The van der Waals surface area contributed by atoms with Crippen LogP contribution in [0, 0.1) is 11.7 Å². The van der Waals surface area contributed by atoms with Crippen molar-refractivity contribution in [3.05, 3.63) is 30.1 Å². The van der Waals surface area contributed by atoms with E-state index < -0.39 is 0 Å². The summed E-state index contributed by atoms with van der Waals surface area (Å²) in [6, 6.07) is 6.79. The molecular weight excluding hydrogens is 251 g/mol. The quantitative estimate of drug-likeness (QED) is 0.763. The van der Waals surface area contributed by atoms with Crippen LogP contribution in [-0.4, -0.2) is 26.2 Å². The van der Waals surface area contributed by atoms with Crippen molar-refractivity contribution >= 4 is 5.69 Å². The van der Waals surface area contributed by atoms with Crippen molar-refractivity contribution < 1.29 is 4.39 Å². The van der Waals surface area contributed by atoms with Gasteiger partial charge < -0.3 is 10.2 Å². The van der Waals surface area contributed by atoms with Gasteiger partial charge in [-0.25, -0.2) is 4.39 Å². The summed E-state index contributed by atoms with van der Waals surface area (Å²) in [6.45, 7) is 6.23. The van der Waals surface area contributed by atoms with Gasteiger partial charge in [0.25, 0.3) is 0 Å². The minimum atomic E-state index is -0.166. The number of anilines is 1. The Balaban J connectivity index is 1.69. The van der Waals surface area contributed by atoms with Crippen LogP contribution in [0.4, 0.5) is 10.1 Å². The van der Waals surface area contributed by atoms with Crippen LogP contribution in [0.3, 0.4) is 0 Å². The van der Waals surface area contributed by atoms with Gasteiger partial charge in [-0.15, -0.1) is 0 Å². The normalized spacial score (nSPS) is 16.3. The molecule has 0 amide bonds. The maximum atomic E-state index is 12.9. The van der Waals surface area contributed by atoms with Gasteiger partial charge in [-0.05, 0) is 56.5 Å². The molecule has 1 N–H and O–H groups in total. The predicted molar refractivity (Wildman–Crippen MR) is 83.7 cm³/mol. The van der Waals surface area contributed by atoms with Crippen LogP contribution in [0.15, 0.2) is 24.3 Å². The first-order valence-corrected chi connectivity index (χ1v) is 8.01. The Kier molecular flexibility index (Phi) is 6.31. The average Bonchev–Trinajstić information content (AvgIpc) is 2.50. The molecule has 0 spiro atoms. The molecular formula is C17H27FN2. The zero-order valence-corrected chi connectivity index (χ0v) is 12.6. The molecule has 112 valence electrons. The Morgan fingerprint density at radius 2 is 1.85 bits per heavy atom. The SMILES string of the molecule is CCN(CCNCC1CCCCC1)c1ccc(F)cc1. The van der Waals surface area contributed by atoms with Gasteiger partial charge in [0.15, 0.2) is 0 Å². The fourth-order valence-corrected chi connectivity index (χ4v) is 3.03. The molecule has 1 aliphatic rings. The lowest BCUT2D eigenvalue weighted by Crippen LogP contribution is -2.34. The molecule has 0 aliphatic heterocycles. The van der Waals surface area contributed by atoms with E-state index in [4.69, 9.17) is 0 Å². The Morgan fingerprint density at radius 3 is 2.50 bits per heavy atom. The van der Waals surface area contributed by atoms with Crippen LogP contribution < -0.4 is 10.2 Å². The van der Waals surface area contributed by atoms with E-state index in [2.05, 4.69) is 17.1 Å². The lowest BCUT2D eigenvalue weighted by atomic mass is 9.89. The molecule has 0 radical (unpaired) electrons. The summed E-state index contributed by atoms with van der Waals surface area (Å²) >= 11 is 0. The van der Waals surface area contributed by atoms with Crippen molar-refractivity contribution in [3.8, 4) is 0 Å². The maximum Gasteiger partial charge on any atom is 0.123 e. The molecule has 1 aromatic carbocycles. The Bertz CT molecular complexity index is 371. The van der Waals surface area contributed by atoms with E-state index in [1.54, 1.807) is 0 Å². The lowest BCUT2D eigenvalue weighted by molar-refractivity contribution is 0.343. The van der Waals surface area contributed by atoms with Crippen molar-refractivity contribution in [1.82, 2.24) is 5.32 Å². The summed E-state index contributed by atoms with van der Waals surface area (Å²) in [5, 5.41) is 3.59. The molecule has 1 aliphatic carbocycles. The van der Waals surface area contributed by atoms with Gasteiger partial charge >= 0.3 is 0 Å². The van der Waals surface area contributed by atoms with Crippen molar-refractivity contribution in [2.45, 2.75) is 39.0 Å². The van der Waals surface area contributed by atoms with E-state index in [1.807, 2.05) is 12.1 Å². The second kappa shape index (κ2) is 8.25. The minimum absolute atomic E-state index is 0.166. The first kappa shape index (κ1) is 15.3. The third-order valence-corrected chi connectivity index (χ3v) is 4.29. The highest BCUT2D eigenvalue weighted by Crippen LogP contribution is 2.22. The maximum absolute atomic E-state index is 12.9. The highest BCUT2D eigenvalue weighted by Gasteiger charge is 2.12. The number of nitrogens with one attached hydrogen (secondary N) is 1. The lowest BCUT2D eigenvalue weighted by Gasteiger charge is -2.25. The molecule has 20 heavy (non-hydrogen) atoms. The van der Waals surface area contributed by atoms with Crippen LogP contribution in [0.5, 0.6) is 0 Å². The number of hydrogen-bond donors (Lipinski definition) is 1. The van der Waals surface area contributed by atoms with Crippen LogP contribution in [-0.2, 0) is 0 Å². The highest BCUT2D eigenvalue weighted by atomic mass is 19.1. The predicted octanol–water partition coefficient (Wildman–Crippen LogP) is 3.82. The van der Waals surface area contributed by atoms with Crippen molar-refractivity contribution in [2.24, 2.45) is 5.92 Å². The number of likely N-dealkylation sites (N-methyl/N-ethyl adjacent to an activating group) is 1. The summed E-state index contributed by atoms with van der Waals surface area (Å²) in [6.07, 6.45) is 7.02. The number of benzene rings is 1. The van der Waals surface area contributed by atoms with E-state index in [1.165, 1.54) is 44.2 Å². The summed E-state index contributed by atoms with van der Waals surface area (Å²) in [5.41, 5.74) is 1.10. The fraction of sp³-hybridized carbons (Fsp3) is 0.647. The summed E-state index contributed by atoms with van der Waals surface area (Å²) in [4.78, 5) is 2.29. The molecule has 1 fully saturated rings. The van der Waals surface area contributed by atoms with Crippen LogP contribution in [0.2, 0.25) is 0 Å². The molecule has 0 unspecified atom stereocenters. The van der Waals surface area contributed by atoms with Crippen LogP contribution in [0.25, 0.3) is 0 Å². The van der Waals surface area contributed by atoms with E-state index in [0.717, 1.165) is 37.8 Å². The second-order valence-electron chi connectivity index (χ2n) is 5.76. The standard InChI is InChI=1S/C17H27FN2/c1-2-20(17-10-8-16(18)9-11-17)13-12-19-14-15-6-4-3-5-7-15/h8-11,15,19H,2-7,12-14H2,1H3. The largest absolute Gasteiger partial charge is 0.371 e. The van der Waals surface area contributed by atoms with Gasteiger partial charge in [0.1, 0.15) is 5.82 Å². The summed E-state index contributed by atoms with van der Waals surface area (Å²) < 4.78 is 12.9. The van der Waals surface area contributed by atoms with E-state index in [9.17, 15) is 4.39 Å². The van der Waals surface area contributed by atoms with Gasteiger partial charge in [0.05, 0.1) is 0 Å². The molecule has 2 rings (SSSR count). The molecule has 0 heterocycles. The molecule has 0 atom stereocenters. The van der Waals surface area contributed by atoms with Gasteiger partial charge in [-0.1, -0.05) is 19.3 Å². The molecule has 2 nitrogen and oxygen atoms in total. The number of rotatable bonds is 7. The van der Waals surface area contributed by atoms with E-state index in [0.29, 0.717) is 0 Å². The van der Waals surface area contributed by atoms with Crippen molar-refractivity contribution in [1.29, 1.82) is 0 Å². The number of halogens is 1. The van der Waals surface area contributed by atoms with Gasteiger partial charge in [-0.2, -0.15) is 0 Å². The van der Waals surface area contributed by atoms with Gasteiger partial charge in [0.2, 0.25) is 0 Å². The van der Waals surface area contributed by atoms with Gasteiger partial charge in [-0.3, -0.25) is 0 Å². The monoisotopic (exact) mass is 278 g/mol. The Hall–Kier alpha value is -1.09. The summed E-state index contributed by atoms with van der Waals surface area (Å²) in [5.74, 6) is 0.713. The third-order valence-electron chi connectivity index (χ3n) is 4.29. The minimum Gasteiger partial charge on any atom is -0.371 e. The van der Waals surface area contributed by atoms with E-state index in [-0.39, 0.29) is 5.82 Å². The van der Waals surface area contributed by atoms with Gasteiger partial charge in [0, 0.05) is 25.3 Å².